The van der Waals surface area contributed by atoms with Gasteiger partial charge >= 0.3 is 0 Å². The lowest BCUT2D eigenvalue weighted by Crippen LogP contribution is -2.41. The Balaban J connectivity index is 0.00000300. The number of Topliss-reactive ketones (excluding diaryl/α,β-unsaturated/α-hetero) is 1. The van der Waals surface area contributed by atoms with E-state index in [0.29, 0.717) is 24.2 Å². The van der Waals surface area contributed by atoms with Gasteiger partial charge < -0.3 is 15.2 Å². The largest absolute Gasteiger partial charge is 0.354 e. The van der Waals surface area contributed by atoms with Crippen LogP contribution in [0.4, 0.5) is 0 Å². The molecule has 2 aromatic rings. The molecule has 3 heterocycles. The maximum atomic E-state index is 13.7. The van der Waals surface area contributed by atoms with E-state index in [4.69, 9.17) is 0 Å². The molecule has 1 aliphatic heterocycles. The molecule has 0 bridgehead atoms. The van der Waals surface area contributed by atoms with Gasteiger partial charge in [0.05, 0.1) is 12.2 Å². The van der Waals surface area contributed by atoms with Crippen LogP contribution >= 0.6 is 12.4 Å². The van der Waals surface area contributed by atoms with Gasteiger partial charge in [0.2, 0.25) is 0 Å². The Morgan fingerprint density at radius 1 is 1.24 bits per heavy atom. The summed E-state index contributed by atoms with van der Waals surface area (Å²) in [6.45, 7) is 7.78. The van der Waals surface area contributed by atoms with Gasteiger partial charge in [-0.25, -0.2) is 0 Å². The molecule has 3 rings (SSSR count). The lowest BCUT2D eigenvalue weighted by atomic mass is 10.0. The summed E-state index contributed by atoms with van der Waals surface area (Å²) < 4.78 is 0. The van der Waals surface area contributed by atoms with Crippen molar-refractivity contribution in [2.45, 2.75) is 59.0 Å². The monoisotopic (exact) mass is 418 g/mol. The first-order valence-corrected chi connectivity index (χ1v) is 10.2. The Morgan fingerprint density at radius 3 is 2.69 bits per heavy atom. The Labute approximate surface area is 178 Å². The van der Waals surface area contributed by atoms with Gasteiger partial charge in [0.25, 0.3) is 5.91 Å². The Bertz CT molecular complexity index is 827. The first kappa shape index (κ1) is 23.1. The zero-order valence-electron chi connectivity index (χ0n) is 17.5. The third kappa shape index (κ3) is 5.25. The normalized spacial score (nSPS) is 16.6. The molecular weight excluding hydrogens is 388 g/mol. The van der Waals surface area contributed by atoms with Crippen LogP contribution in [-0.4, -0.2) is 45.7 Å². The highest BCUT2D eigenvalue weighted by Crippen LogP contribution is 2.25. The number of ketones is 1. The molecule has 1 amide bonds. The Hall–Kier alpha value is -2.18. The zero-order valence-corrected chi connectivity index (χ0v) is 18.3. The number of H-pyrrole nitrogens is 1. The molecule has 158 valence electrons. The number of pyridine rings is 1. The Morgan fingerprint density at radius 2 is 2.03 bits per heavy atom. The van der Waals surface area contributed by atoms with Crippen LogP contribution in [0.15, 0.2) is 24.4 Å². The summed E-state index contributed by atoms with van der Waals surface area (Å²) in [6.07, 6.45) is 5.33. The molecule has 1 saturated heterocycles. The summed E-state index contributed by atoms with van der Waals surface area (Å²) in [5.74, 6) is -0.0374. The van der Waals surface area contributed by atoms with Crippen molar-refractivity contribution in [3.05, 3.63) is 52.6 Å². The van der Waals surface area contributed by atoms with Crippen LogP contribution in [0.2, 0.25) is 0 Å². The number of carbonyl (C=O) groups is 2. The van der Waals surface area contributed by atoms with E-state index in [0.717, 1.165) is 49.3 Å². The lowest BCUT2D eigenvalue weighted by molar-refractivity contribution is 0.0635. The highest BCUT2D eigenvalue weighted by molar-refractivity contribution is 6.02. The van der Waals surface area contributed by atoms with Gasteiger partial charge in [-0.15, -0.1) is 12.4 Å². The van der Waals surface area contributed by atoms with Gasteiger partial charge in [-0.3, -0.25) is 14.6 Å². The van der Waals surface area contributed by atoms with E-state index < -0.39 is 0 Å². The van der Waals surface area contributed by atoms with E-state index in [1.807, 2.05) is 36.9 Å². The van der Waals surface area contributed by atoms with Crippen molar-refractivity contribution in [2.24, 2.45) is 0 Å². The number of amides is 1. The molecule has 6 nitrogen and oxygen atoms in total. The van der Waals surface area contributed by atoms with Gasteiger partial charge in [0, 0.05) is 23.5 Å². The van der Waals surface area contributed by atoms with Crippen molar-refractivity contribution in [1.29, 1.82) is 0 Å². The van der Waals surface area contributed by atoms with Crippen LogP contribution in [0.3, 0.4) is 0 Å². The predicted octanol–water partition coefficient (Wildman–Crippen LogP) is 3.69. The number of aromatic nitrogens is 2. The quantitative estimate of drug-likeness (QED) is 0.701. The number of aromatic amines is 1. The van der Waals surface area contributed by atoms with E-state index in [1.54, 1.807) is 13.1 Å². The van der Waals surface area contributed by atoms with Crippen LogP contribution in [-0.2, 0) is 13.0 Å². The second-order valence-electron chi connectivity index (χ2n) is 7.48. The summed E-state index contributed by atoms with van der Waals surface area (Å²) in [7, 11) is 0. The second-order valence-corrected chi connectivity index (χ2v) is 7.48. The first-order valence-electron chi connectivity index (χ1n) is 10.2. The summed E-state index contributed by atoms with van der Waals surface area (Å²) >= 11 is 0. The van der Waals surface area contributed by atoms with Crippen LogP contribution < -0.4 is 5.32 Å². The number of rotatable bonds is 6. The first-order chi connectivity index (χ1) is 13.5. The van der Waals surface area contributed by atoms with Crippen LogP contribution in [0, 0.1) is 6.92 Å². The van der Waals surface area contributed by atoms with E-state index in [2.05, 4.69) is 15.3 Å². The van der Waals surface area contributed by atoms with Gasteiger partial charge in [-0.2, -0.15) is 0 Å². The molecule has 0 aromatic carbocycles. The van der Waals surface area contributed by atoms with E-state index >= 15 is 0 Å². The fourth-order valence-corrected chi connectivity index (χ4v) is 4.18. The minimum absolute atomic E-state index is 0. The lowest BCUT2D eigenvalue weighted by Gasteiger charge is -2.31. The fourth-order valence-electron chi connectivity index (χ4n) is 4.18. The third-order valence-corrected chi connectivity index (χ3v) is 5.52. The van der Waals surface area contributed by atoms with Crippen molar-refractivity contribution >= 4 is 24.1 Å². The number of hydrogen-bond acceptors (Lipinski definition) is 4. The van der Waals surface area contributed by atoms with Gasteiger partial charge in [-0.05, 0) is 70.3 Å². The molecular formula is C22H31ClN4O2. The van der Waals surface area contributed by atoms with Crippen LogP contribution in [0.1, 0.15) is 70.9 Å². The molecule has 0 saturated carbocycles. The SMILES string of the molecule is CCc1c(C(=O)N(Cc2ccccn2)C2CCCNCC2)[nH]c(C)c1C(C)=O.Cl. The molecule has 7 heteroatoms. The van der Waals surface area contributed by atoms with Gasteiger partial charge in [0.1, 0.15) is 5.69 Å². The van der Waals surface area contributed by atoms with Crippen molar-refractivity contribution in [3.8, 4) is 0 Å². The summed E-state index contributed by atoms with van der Waals surface area (Å²) in [4.78, 5) is 35.4. The van der Waals surface area contributed by atoms with Gasteiger partial charge in [-0.1, -0.05) is 13.0 Å². The second kappa shape index (κ2) is 10.6. The zero-order chi connectivity index (χ0) is 20.1. The number of halogens is 1. The molecule has 0 aliphatic carbocycles. The summed E-state index contributed by atoms with van der Waals surface area (Å²) in [5, 5.41) is 3.42. The standard InChI is InChI=1S/C22H30N4O2.ClH/c1-4-19-20(16(3)27)15(2)25-21(19)22(28)26(14-17-8-5-6-12-24-17)18-9-7-11-23-13-10-18;/h5-6,8,12,18,23,25H,4,7,9-11,13-14H2,1-3H3;1H. The fraction of sp³-hybridized carbons (Fsp3) is 0.500. The highest BCUT2D eigenvalue weighted by Gasteiger charge is 2.30. The minimum atomic E-state index is -0.0370. The average molecular weight is 419 g/mol. The maximum absolute atomic E-state index is 13.7. The number of carbonyl (C=O) groups excluding carboxylic acids is 2. The van der Waals surface area contributed by atoms with Crippen molar-refractivity contribution in [2.75, 3.05) is 13.1 Å². The van der Waals surface area contributed by atoms with Crippen LogP contribution in [0.25, 0.3) is 0 Å². The molecule has 0 spiro atoms. The highest BCUT2D eigenvalue weighted by atomic mass is 35.5. The third-order valence-electron chi connectivity index (χ3n) is 5.52. The van der Waals surface area contributed by atoms with Crippen molar-refractivity contribution in [3.63, 3.8) is 0 Å². The average Bonchev–Trinajstić information content (AvgIpc) is 2.84. The van der Waals surface area contributed by atoms with E-state index in [-0.39, 0.29) is 30.1 Å². The van der Waals surface area contributed by atoms with Gasteiger partial charge in [0.15, 0.2) is 5.78 Å². The van der Waals surface area contributed by atoms with Crippen LogP contribution in [0.5, 0.6) is 0 Å². The topological polar surface area (TPSA) is 78.1 Å². The van der Waals surface area contributed by atoms with E-state index in [1.165, 1.54) is 0 Å². The Kier molecular flexibility index (Phi) is 8.41. The molecule has 2 N–H and O–H groups in total. The predicted molar refractivity (Wildman–Crippen MR) is 117 cm³/mol. The van der Waals surface area contributed by atoms with Crippen molar-refractivity contribution < 1.29 is 9.59 Å². The molecule has 1 unspecified atom stereocenters. The molecule has 29 heavy (non-hydrogen) atoms. The smallest absolute Gasteiger partial charge is 0.271 e. The number of hydrogen-bond donors (Lipinski definition) is 2. The molecule has 2 aromatic heterocycles. The number of aryl methyl sites for hydroxylation is 1. The van der Waals surface area contributed by atoms with Crippen molar-refractivity contribution in [1.82, 2.24) is 20.2 Å². The maximum Gasteiger partial charge on any atom is 0.271 e. The number of nitrogens with one attached hydrogen (secondary N) is 2. The molecule has 0 radical (unpaired) electrons. The molecule has 1 aliphatic rings. The summed E-state index contributed by atoms with van der Waals surface area (Å²) in [5.41, 5.74) is 3.69. The minimum Gasteiger partial charge on any atom is -0.354 e. The molecule has 1 fully saturated rings. The summed E-state index contributed by atoms with van der Waals surface area (Å²) in [6, 6.07) is 5.94. The number of nitrogens with zero attached hydrogens (tertiary/aromatic N) is 2. The van der Waals surface area contributed by atoms with E-state index in [9.17, 15) is 9.59 Å². The molecule has 1 atom stereocenters.